The summed E-state index contributed by atoms with van der Waals surface area (Å²) in [5, 5.41) is -3.16. The molecule has 18 heavy (non-hydrogen) atoms. The number of hydrogen-bond acceptors (Lipinski definition) is 0. The van der Waals surface area contributed by atoms with Crippen molar-refractivity contribution in [2.24, 2.45) is 0 Å². The number of rotatable bonds is 0. The van der Waals surface area contributed by atoms with E-state index in [1.54, 1.807) is 0 Å². The van der Waals surface area contributed by atoms with E-state index in [0.717, 1.165) is 6.07 Å². The van der Waals surface area contributed by atoms with Crippen molar-refractivity contribution in [1.82, 2.24) is 0 Å². The zero-order valence-corrected chi connectivity index (χ0v) is 7.65. The third-order valence-corrected chi connectivity index (χ3v) is 2.12. The van der Waals surface area contributed by atoms with E-state index < -0.39 is 51.5 Å². The Morgan fingerprint density at radius 3 is 1.44 bits per heavy atom. The topological polar surface area (TPSA) is 0 Å². The molecule has 2 rings (SSSR count). The summed E-state index contributed by atoms with van der Waals surface area (Å²) in [6.45, 7) is 0. The van der Waals surface area contributed by atoms with Crippen molar-refractivity contribution in [1.29, 1.82) is 0 Å². The molecule has 0 aliphatic carbocycles. The fourth-order valence-corrected chi connectivity index (χ4v) is 1.37. The summed E-state index contributed by atoms with van der Waals surface area (Å²) in [4.78, 5) is 0. The first-order valence-electron chi connectivity index (χ1n) is 4.07. The molecular weight excluding hydrogens is 276 g/mol. The fraction of sp³-hybridized carbons (Fsp3) is 0. The molecule has 0 bridgehead atoms. The molecule has 0 aliphatic rings. The van der Waals surface area contributed by atoms with E-state index in [-0.39, 0.29) is 29.6 Å². The van der Waals surface area contributed by atoms with Gasteiger partial charge in [-0.15, -0.1) is 0 Å². The van der Waals surface area contributed by atoms with Crippen molar-refractivity contribution in [3.8, 4) is 0 Å². The molecule has 8 heteroatoms. The van der Waals surface area contributed by atoms with Crippen molar-refractivity contribution in [2.75, 3.05) is 0 Å². The fourth-order valence-electron chi connectivity index (χ4n) is 1.37. The second-order valence-corrected chi connectivity index (χ2v) is 3.07. The van der Waals surface area contributed by atoms with Gasteiger partial charge in [-0.05, 0) is 0 Å². The van der Waals surface area contributed by atoms with E-state index in [9.17, 15) is 30.7 Å². The quantitative estimate of drug-likeness (QED) is 0.300. The molecule has 0 heterocycles. The van der Waals surface area contributed by atoms with Gasteiger partial charge in [-0.25, -0.2) is 30.7 Å². The average molecular weight is 277 g/mol. The second-order valence-electron chi connectivity index (χ2n) is 3.07. The van der Waals surface area contributed by atoms with Gasteiger partial charge >= 0.3 is 29.6 Å². The van der Waals surface area contributed by atoms with Gasteiger partial charge in [-0.2, -0.15) is 0 Å². The van der Waals surface area contributed by atoms with Crippen molar-refractivity contribution >= 4 is 40.3 Å². The van der Waals surface area contributed by atoms with E-state index in [0.29, 0.717) is 0 Å². The molecule has 0 spiro atoms. The molecule has 0 unspecified atom stereocenters. The first-order valence-corrected chi connectivity index (χ1v) is 4.07. The zero-order valence-electron chi connectivity index (χ0n) is 7.65. The van der Waals surface area contributed by atoms with Crippen LogP contribution in [-0.4, -0.2) is 29.6 Å². The predicted octanol–water partition coefficient (Wildman–Crippen LogP) is 2.97. The molecule has 0 atom stereocenters. The van der Waals surface area contributed by atoms with E-state index in [1.165, 1.54) is 0 Å². The third-order valence-electron chi connectivity index (χ3n) is 2.12. The van der Waals surface area contributed by atoms with Crippen LogP contribution in [0.25, 0.3) is 10.8 Å². The van der Waals surface area contributed by atoms with Crippen molar-refractivity contribution in [3.63, 3.8) is 0 Å². The predicted molar refractivity (Wildman–Crippen MR) is 49.6 cm³/mol. The Morgan fingerprint density at radius 1 is 0.500 bits per heavy atom. The van der Waals surface area contributed by atoms with Gasteiger partial charge in [-0.3, -0.25) is 0 Å². The SMILES string of the molecule is Fc1[c]c(F)c2c(F)c(F)c(F)c(F)c2c1F.[NaH]. The Hall–Kier alpha value is -0.790. The molecule has 0 N–H and O–H groups in total. The van der Waals surface area contributed by atoms with E-state index in [2.05, 4.69) is 0 Å². The van der Waals surface area contributed by atoms with Crippen LogP contribution in [0.3, 0.4) is 0 Å². The molecule has 2 aromatic carbocycles. The molecular formula is C10HF7Na. The maximum absolute atomic E-state index is 13.1. The molecule has 2 aromatic rings. The molecule has 0 aromatic heterocycles. The van der Waals surface area contributed by atoms with E-state index in [4.69, 9.17) is 0 Å². The minimum absolute atomic E-state index is 0. The van der Waals surface area contributed by atoms with Crippen molar-refractivity contribution in [3.05, 3.63) is 46.8 Å². The molecule has 91 valence electrons. The zero-order chi connectivity index (χ0) is 12.9. The van der Waals surface area contributed by atoms with Gasteiger partial charge in [0.25, 0.3) is 0 Å². The summed E-state index contributed by atoms with van der Waals surface area (Å²) >= 11 is 0. The van der Waals surface area contributed by atoms with Crippen molar-refractivity contribution in [2.45, 2.75) is 0 Å². The second kappa shape index (κ2) is 5.07. The van der Waals surface area contributed by atoms with Gasteiger partial charge in [0.15, 0.2) is 34.9 Å². The number of fused-ring (bicyclic) bond motifs is 1. The Morgan fingerprint density at radius 2 is 0.944 bits per heavy atom. The van der Waals surface area contributed by atoms with Gasteiger partial charge in [0.05, 0.1) is 16.8 Å². The molecule has 0 fully saturated rings. The number of hydrogen-bond donors (Lipinski definition) is 0. The first kappa shape index (κ1) is 15.3. The molecule has 0 saturated heterocycles. The van der Waals surface area contributed by atoms with Crippen LogP contribution in [0.15, 0.2) is 0 Å². The minimum atomic E-state index is -2.35. The van der Waals surface area contributed by atoms with Crippen LogP contribution in [-0.2, 0) is 0 Å². The van der Waals surface area contributed by atoms with Crippen LogP contribution >= 0.6 is 0 Å². The Labute approximate surface area is 118 Å². The maximum atomic E-state index is 13.1. The van der Waals surface area contributed by atoms with E-state index in [1.807, 2.05) is 0 Å². The molecule has 1 radical (unpaired) electrons. The van der Waals surface area contributed by atoms with Crippen LogP contribution in [0.5, 0.6) is 0 Å². The van der Waals surface area contributed by atoms with Crippen molar-refractivity contribution < 1.29 is 30.7 Å². The van der Waals surface area contributed by atoms with Crippen LogP contribution in [0.4, 0.5) is 30.7 Å². The van der Waals surface area contributed by atoms with Gasteiger partial charge in [0, 0.05) is 0 Å². The van der Waals surface area contributed by atoms with Crippen LogP contribution in [0.2, 0.25) is 0 Å². The number of halogens is 7. The van der Waals surface area contributed by atoms with Crippen LogP contribution < -0.4 is 0 Å². The standard InChI is InChI=1S/C10F7.Na.H/c11-2-1-3(12)6(13)5-4(2)7(14)9(16)10(17)8(5)15;;. The van der Waals surface area contributed by atoms with Crippen LogP contribution in [0.1, 0.15) is 0 Å². The van der Waals surface area contributed by atoms with Gasteiger partial charge < -0.3 is 0 Å². The van der Waals surface area contributed by atoms with Crippen LogP contribution in [0, 0.1) is 46.8 Å². The monoisotopic (exact) mass is 277 g/mol. The molecule has 0 nitrogen and oxygen atoms in total. The third kappa shape index (κ3) is 2.00. The molecule has 0 amide bonds. The van der Waals surface area contributed by atoms with Gasteiger partial charge in [0.2, 0.25) is 0 Å². The normalized spacial score (nSPS) is 10.6. The number of benzene rings is 2. The summed E-state index contributed by atoms with van der Waals surface area (Å²) in [6, 6.07) is 1.09. The average Bonchev–Trinajstić information content (AvgIpc) is 2.28. The Kier molecular flexibility index (Phi) is 4.30. The molecule has 0 aliphatic heterocycles. The summed E-state index contributed by atoms with van der Waals surface area (Å²) < 4.78 is 90.4. The molecule has 0 saturated carbocycles. The first-order chi connectivity index (χ1) is 7.86. The summed E-state index contributed by atoms with van der Waals surface area (Å²) in [5.41, 5.74) is 0. The summed E-state index contributed by atoms with van der Waals surface area (Å²) in [7, 11) is 0. The Bertz CT molecular complexity index is 638. The van der Waals surface area contributed by atoms with Gasteiger partial charge in [0.1, 0.15) is 5.82 Å². The summed E-state index contributed by atoms with van der Waals surface area (Å²) in [6.07, 6.45) is 0. The Balaban J connectivity index is 0.00000162. The summed E-state index contributed by atoms with van der Waals surface area (Å²) in [5.74, 6) is -14.9. The van der Waals surface area contributed by atoms with E-state index >= 15 is 0 Å². The van der Waals surface area contributed by atoms with Gasteiger partial charge in [-0.1, -0.05) is 0 Å².